The van der Waals surface area contributed by atoms with E-state index in [2.05, 4.69) is 30.1 Å². The van der Waals surface area contributed by atoms with Gasteiger partial charge in [0.25, 0.3) is 0 Å². The molecule has 1 N–H and O–H groups in total. The van der Waals surface area contributed by atoms with Crippen molar-refractivity contribution in [1.29, 1.82) is 0 Å². The topological polar surface area (TPSA) is 65.9 Å². The number of aromatic amines is 1. The number of hydrogen-bond donors (Lipinski definition) is 1. The molecule has 0 radical (unpaired) electrons. The molecule has 1 fully saturated rings. The first kappa shape index (κ1) is 17.0. The minimum absolute atomic E-state index is 0.207. The van der Waals surface area contributed by atoms with Crippen molar-refractivity contribution in [2.75, 3.05) is 20.1 Å². The number of hydrogen-bond acceptors (Lipinski definition) is 5. The zero-order chi connectivity index (χ0) is 17.1. The molecule has 0 bridgehead atoms. The largest absolute Gasteiger partial charge is 0.297 e. The molecule has 0 aromatic carbocycles. The van der Waals surface area contributed by atoms with Gasteiger partial charge in [0.15, 0.2) is 0 Å². The Morgan fingerprint density at radius 3 is 2.96 bits per heavy atom. The van der Waals surface area contributed by atoms with E-state index in [-0.39, 0.29) is 6.04 Å². The highest BCUT2D eigenvalue weighted by molar-refractivity contribution is 5.05. The number of nitrogens with one attached hydrogen (secondary N) is 1. The van der Waals surface area contributed by atoms with Crippen LogP contribution in [0.25, 0.3) is 0 Å². The number of likely N-dealkylation sites (N-methyl/N-ethyl adjacent to an activating group) is 1. The van der Waals surface area contributed by atoms with E-state index < -0.39 is 6.17 Å². The third kappa shape index (κ3) is 4.18. The highest BCUT2D eigenvalue weighted by atomic mass is 19.1. The molecule has 7 nitrogen and oxygen atoms in total. The number of alkyl halides is 1. The first-order valence-electron chi connectivity index (χ1n) is 8.47. The number of H-pyrrole nitrogens is 1. The van der Waals surface area contributed by atoms with Crippen LogP contribution < -0.4 is 0 Å². The molecule has 1 saturated heterocycles. The van der Waals surface area contributed by atoms with Crippen LogP contribution >= 0.6 is 0 Å². The summed E-state index contributed by atoms with van der Waals surface area (Å²) >= 11 is 0. The highest BCUT2D eigenvalue weighted by Crippen LogP contribution is 2.23. The summed E-state index contributed by atoms with van der Waals surface area (Å²) in [5.41, 5.74) is 1.13. The molecule has 0 unspecified atom stereocenters. The van der Waals surface area contributed by atoms with Gasteiger partial charge in [0.05, 0.1) is 12.7 Å². The number of likely N-dealkylation sites (tertiary alicyclic amines) is 1. The van der Waals surface area contributed by atoms with Crippen LogP contribution in [0.15, 0.2) is 12.4 Å². The monoisotopic (exact) mass is 335 g/mol. The van der Waals surface area contributed by atoms with Gasteiger partial charge in [-0.15, -0.1) is 0 Å². The van der Waals surface area contributed by atoms with E-state index in [0.29, 0.717) is 19.5 Å². The minimum atomic E-state index is -0.753. The Morgan fingerprint density at radius 1 is 1.46 bits per heavy atom. The molecule has 2 aromatic heterocycles. The SMILES string of the molecule is CCc1n[nH]c(CN(C)C[C@@H]2C[C@H](F)CN2Cc2cnn(C)c2)n1. The van der Waals surface area contributed by atoms with Gasteiger partial charge in [0.1, 0.15) is 17.8 Å². The Morgan fingerprint density at radius 2 is 2.29 bits per heavy atom. The predicted molar refractivity (Wildman–Crippen MR) is 89.0 cm³/mol. The fourth-order valence-corrected chi connectivity index (χ4v) is 3.34. The van der Waals surface area contributed by atoms with Crippen LogP contribution in [-0.2, 0) is 26.6 Å². The van der Waals surface area contributed by atoms with Gasteiger partial charge in [0.2, 0.25) is 0 Å². The molecule has 1 aliphatic rings. The van der Waals surface area contributed by atoms with Crippen molar-refractivity contribution in [3.8, 4) is 0 Å². The molecule has 132 valence electrons. The van der Waals surface area contributed by atoms with Crippen molar-refractivity contribution in [3.05, 3.63) is 29.6 Å². The first-order valence-corrected chi connectivity index (χ1v) is 8.47. The summed E-state index contributed by atoms with van der Waals surface area (Å²) in [5.74, 6) is 1.70. The van der Waals surface area contributed by atoms with Crippen molar-refractivity contribution in [3.63, 3.8) is 0 Å². The summed E-state index contributed by atoms with van der Waals surface area (Å²) in [6.45, 7) is 4.78. The quantitative estimate of drug-likeness (QED) is 0.822. The van der Waals surface area contributed by atoms with Crippen LogP contribution in [0.1, 0.15) is 30.6 Å². The van der Waals surface area contributed by atoms with E-state index in [1.807, 2.05) is 33.4 Å². The van der Waals surface area contributed by atoms with Crippen LogP contribution in [0.5, 0.6) is 0 Å². The van der Waals surface area contributed by atoms with Gasteiger partial charge in [-0.1, -0.05) is 6.92 Å². The Labute approximate surface area is 141 Å². The van der Waals surface area contributed by atoms with Gasteiger partial charge in [-0.3, -0.25) is 19.6 Å². The summed E-state index contributed by atoms with van der Waals surface area (Å²) in [7, 11) is 3.95. The number of aryl methyl sites for hydroxylation is 2. The lowest BCUT2D eigenvalue weighted by Crippen LogP contribution is -2.38. The first-order chi connectivity index (χ1) is 11.5. The van der Waals surface area contributed by atoms with E-state index in [9.17, 15) is 4.39 Å². The van der Waals surface area contributed by atoms with E-state index in [1.165, 1.54) is 0 Å². The third-order valence-corrected chi connectivity index (χ3v) is 4.46. The zero-order valence-electron chi connectivity index (χ0n) is 14.6. The zero-order valence-corrected chi connectivity index (χ0v) is 14.6. The molecule has 8 heteroatoms. The van der Waals surface area contributed by atoms with Crippen molar-refractivity contribution in [1.82, 2.24) is 34.8 Å². The standard InChI is InChI=1S/C16H26FN7/c1-4-15-19-16(21-20-15)11-22(2)10-14-5-13(17)9-24(14)8-12-6-18-23(3)7-12/h6-7,13-14H,4-5,8-11H2,1-3H3,(H,19,20,21)/t13-,14-/m0/s1. The van der Waals surface area contributed by atoms with Crippen LogP contribution in [0, 0.1) is 0 Å². The molecule has 0 spiro atoms. The van der Waals surface area contributed by atoms with Crippen LogP contribution in [0.4, 0.5) is 4.39 Å². The summed E-state index contributed by atoms with van der Waals surface area (Å²) in [5, 5.41) is 11.3. The molecule has 0 aliphatic carbocycles. The second-order valence-corrected chi connectivity index (χ2v) is 6.69. The normalized spacial score (nSPS) is 21.9. The van der Waals surface area contributed by atoms with Crippen LogP contribution in [-0.4, -0.2) is 67.1 Å². The van der Waals surface area contributed by atoms with Crippen LogP contribution in [0.2, 0.25) is 0 Å². The lowest BCUT2D eigenvalue weighted by molar-refractivity contribution is 0.179. The summed E-state index contributed by atoms with van der Waals surface area (Å²) in [4.78, 5) is 8.84. The van der Waals surface area contributed by atoms with Gasteiger partial charge in [-0.2, -0.15) is 10.2 Å². The van der Waals surface area contributed by atoms with Crippen molar-refractivity contribution in [2.24, 2.45) is 7.05 Å². The Kier molecular flexibility index (Phi) is 5.25. The Hall–Kier alpha value is -1.80. The van der Waals surface area contributed by atoms with E-state index >= 15 is 0 Å². The summed E-state index contributed by atoms with van der Waals surface area (Å²) in [6.07, 6.45) is 4.50. The lowest BCUT2D eigenvalue weighted by Gasteiger charge is -2.27. The van der Waals surface area contributed by atoms with Crippen molar-refractivity contribution >= 4 is 0 Å². The van der Waals surface area contributed by atoms with Gasteiger partial charge < -0.3 is 0 Å². The number of halogens is 1. The van der Waals surface area contributed by atoms with Gasteiger partial charge in [-0.05, 0) is 13.5 Å². The van der Waals surface area contributed by atoms with E-state index in [0.717, 1.165) is 36.7 Å². The smallest absolute Gasteiger partial charge is 0.150 e. The molecule has 2 atom stereocenters. The lowest BCUT2D eigenvalue weighted by atomic mass is 10.2. The predicted octanol–water partition coefficient (Wildman–Crippen LogP) is 1.14. The van der Waals surface area contributed by atoms with Gasteiger partial charge >= 0.3 is 0 Å². The molecule has 0 saturated carbocycles. The fourth-order valence-electron chi connectivity index (χ4n) is 3.34. The molecule has 1 aliphatic heterocycles. The number of nitrogens with zero attached hydrogens (tertiary/aromatic N) is 6. The second kappa shape index (κ2) is 7.40. The summed E-state index contributed by atoms with van der Waals surface area (Å²) in [6, 6.07) is 0.207. The van der Waals surface area contributed by atoms with E-state index in [4.69, 9.17) is 0 Å². The van der Waals surface area contributed by atoms with Crippen LogP contribution in [0.3, 0.4) is 0 Å². The van der Waals surface area contributed by atoms with Crippen molar-refractivity contribution < 1.29 is 4.39 Å². The highest BCUT2D eigenvalue weighted by Gasteiger charge is 2.32. The maximum Gasteiger partial charge on any atom is 0.150 e. The molecule has 2 aromatic rings. The molecule has 3 heterocycles. The number of rotatable bonds is 7. The minimum Gasteiger partial charge on any atom is -0.297 e. The molecular weight excluding hydrogens is 309 g/mol. The fraction of sp³-hybridized carbons (Fsp3) is 0.688. The number of aromatic nitrogens is 5. The van der Waals surface area contributed by atoms with Gasteiger partial charge in [-0.25, -0.2) is 9.37 Å². The Bertz CT molecular complexity index is 652. The van der Waals surface area contributed by atoms with Gasteiger partial charge in [0, 0.05) is 50.9 Å². The maximum atomic E-state index is 13.9. The second-order valence-electron chi connectivity index (χ2n) is 6.69. The average molecular weight is 335 g/mol. The van der Waals surface area contributed by atoms with Crippen molar-refractivity contribution in [2.45, 2.75) is 45.1 Å². The molecule has 24 heavy (non-hydrogen) atoms. The molecule has 3 rings (SSSR count). The molecular formula is C16H26FN7. The average Bonchev–Trinajstić information content (AvgIpc) is 3.22. The maximum absolute atomic E-state index is 13.9. The Balaban J connectivity index is 1.57. The third-order valence-electron chi connectivity index (χ3n) is 4.46. The molecule has 0 amide bonds. The van der Waals surface area contributed by atoms with E-state index in [1.54, 1.807) is 4.68 Å². The summed E-state index contributed by atoms with van der Waals surface area (Å²) < 4.78 is 15.7.